The lowest BCUT2D eigenvalue weighted by Crippen LogP contribution is -2.56. The Kier molecular flexibility index (Phi) is 6.01. The summed E-state index contributed by atoms with van der Waals surface area (Å²) in [5.74, 6) is 0.942. The summed E-state index contributed by atoms with van der Waals surface area (Å²) in [5, 5.41) is 0. The van der Waals surface area contributed by atoms with Crippen LogP contribution in [0.15, 0.2) is 24.3 Å². The number of hydrogen-bond acceptors (Lipinski definition) is 4. The van der Waals surface area contributed by atoms with E-state index in [1.54, 1.807) is 7.11 Å². The van der Waals surface area contributed by atoms with Crippen molar-refractivity contribution in [2.75, 3.05) is 51.3 Å². The van der Waals surface area contributed by atoms with Gasteiger partial charge in [0.1, 0.15) is 5.75 Å². The lowest BCUT2D eigenvalue weighted by Gasteiger charge is -2.46. The van der Waals surface area contributed by atoms with Gasteiger partial charge in [-0.25, -0.2) is 0 Å². The predicted octanol–water partition coefficient (Wildman–Crippen LogP) is 3.61. The van der Waals surface area contributed by atoms with Crippen LogP contribution in [0.5, 0.6) is 5.75 Å². The van der Waals surface area contributed by atoms with Gasteiger partial charge in [-0.2, -0.15) is 0 Å². The monoisotopic (exact) mass is 357 g/mol. The Labute approximate surface area is 159 Å². The Hall–Kier alpha value is -1.26. The molecule has 0 N–H and O–H groups in total. The van der Waals surface area contributed by atoms with Gasteiger partial charge in [0.05, 0.1) is 7.11 Å². The zero-order valence-electron chi connectivity index (χ0n) is 16.4. The Balaban J connectivity index is 1.29. The maximum atomic E-state index is 5.28. The lowest BCUT2D eigenvalue weighted by atomic mass is 9.91. The van der Waals surface area contributed by atoms with Gasteiger partial charge in [-0.1, -0.05) is 19.3 Å². The molecule has 0 radical (unpaired) electrons. The smallest absolute Gasteiger partial charge is 0.119 e. The number of rotatable bonds is 4. The molecule has 4 rings (SSSR count). The van der Waals surface area contributed by atoms with Crippen molar-refractivity contribution in [3.63, 3.8) is 0 Å². The van der Waals surface area contributed by atoms with Crippen LogP contribution in [0.2, 0.25) is 0 Å². The Morgan fingerprint density at radius 1 is 0.731 bits per heavy atom. The highest BCUT2D eigenvalue weighted by molar-refractivity contribution is 5.49. The zero-order chi connectivity index (χ0) is 17.8. The largest absolute Gasteiger partial charge is 0.497 e. The van der Waals surface area contributed by atoms with Crippen molar-refractivity contribution in [3.05, 3.63) is 24.3 Å². The Morgan fingerprint density at radius 2 is 1.42 bits per heavy atom. The summed E-state index contributed by atoms with van der Waals surface area (Å²) in [5.41, 5.74) is 1.33. The van der Waals surface area contributed by atoms with Gasteiger partial charge in [0, 0.05) is 50.5 Å². The molecule has 144 valence electrons. The summed E-state index contributed by atoms with van der Waals surface area (Å²) in [6.45, 7) is 7.35. The maximum Gasteiger partial charge on any atom is 0.119 e. The van der Waals surface area contributed by atoms with Crippen LogP contribution >= 0.6 is 0 Å². The molecule has 0 amide bonds. The molecule has 26 heavy (non-hydrogen) atoms. The normalized spacial score (nSPS) is 26.8. The highest BCUT2D eigenvalue weighted by Crippen LogP contribution is 2.28. The molecule has 2 aliphatic heterocycles. The molecule has 3 fully saturated rings. The van der Waals surface area contributed by atoms with Gasteiger partial charge in [0.15, 0.2) is 0 Å². The second-order valence-electron chi connectivity index (χ2n) is 8.30. The molecule has 0 spiro atoms. The second kappa shape index (κ2) is 8.62. The standard InChI is InChI=1S/C22H35N3O/c1-26-22-11-9-20(10-12-22)23-14-16-24(17-15-23)21-8-5-13-25(18-21)19-6-3-2-4-7-19/h9-12,19,21H,2-8,13-18H2,1H3. The summed E-state index contributed by atoms with van der Waals surface area (Å²) in [7, 11) is 1.73. The number of piperidine rings is 1. The van der Waals surface area contributed by atoms with E-state index in [4.69, 9.17) is 4.74 Å². The molecule has 1 aromatic carbocycles. The van der Waals surface area contributed by atoms with E-state index >= 15 is 0 Å². The van der Waals surface area contributed by atoms with Crippen molar-refractivity contribution >= 4 is 5.69 Å². The first-order chi connectivity index (χ1) is 12.8. The molecular formula is C22H35N3O. The molecule has 1 aromatic rings. The van der Waals surface area contributed by atoms with Gasteiger partial charge in [0.2, 0.25) is 0 Å². The van der Waals surface area contributed by atoms with E-state index in [1.807, 2.05) is 0 Å². The van der Waals surface area contributed by atoms with Crippen LogP contribution in [0.4, 0.5) is 5.69 Å². The SMILES string of the molecule is COc1ccc(N2CCN(C3CCCN(C4CCCCC4)C3)CC2)cc1. The number of piperazine rings is 1. The molecule has 3 aliphatic rings. The molecule has 4 nitrogen and oxygen atoms in total. The van der Waals surface area contributed by atoms with E-state index < -0.39 is 0 Å². The van der Waals surface area contributed by atoms with Crippen molar-refractivity contribution in [3.8, 4) is 5.75 Å². The van der Waals surface area contributed by atoms with Gasteiger partial charge in [0.25, 0.3) is 0 Å². The fourth-order valence-corrected chi connectivity index (χ4v) is 5.20. The number of methoxy groups -OCH3 is 1. The van der Waals surface area contributed by atoms with E-state index in [2.05, 4.69) is 39.0 Å². The van der Waals surface area contributed by atoms with Crippen molar-refractivity contribution in [2.45, 2.75) is 57.0 Å². The van der Waals surface area contributed by atoms with Gasteiger partial charge in [-0.15, -0.1) is 0 Å². The number of anilines is 1. The van der Waals surface area contributed by atoms with Crippen molar-refractivity contribution < 1.29 is 4.74 Å². The highest BCUT2D eigenvalue weighted by Gasteiger charge is 2.31. The number of benzene rings is 1. The minimum absolute atomic E-state index is 0.781. The average Bonchev–Trinajstić information content (AvgIpc) is 2.75. The van der Waals surface area contributed by atoms with Crippen LogP contribution in [0.25, 0.3) is 0 Å². The number of hydrogen-bond donors (Lipinski definition) is 0. The number of ether oxygens (including phenoxy) is 1. The van der Waals surface area contributed by atoms with Crippen LogP contribution in [-0.4, -0.2) is 68.3 Å². The van der Waals surface area contributed by atoms with Crippen molar-refractivity contribution in [2.24, 2.45) is 0 Å². The Bertz CT molecular complexity index is 547. The molecular weight excluding hydrogens is 322 g/mol. The minimum Gasteiger partial charge on any atom is -0.497 e. The molecule has 1 atom stereocenters. The highest BCUT2D eigenvalue weighted by atomic mass is 16.5. The maximum absolute atomic E-state index is 5.28. The van der Waals surface area contributed by atoms with E-state index in [9.17, 15) is 0 Å². The fraction of sp³-hybridized carbons (Fsp3) is 0.727. The van der Waals surface area contributed by atoms with Gasteiger partial charge >= 0.3 is 0 Å². The van der Waals surface area contributed by atoms with E-state index in [-0.39, 0.29) is 0 Å². The van der Waals surface area contributed by atoms with Crippen LogP contribution in [0.3, 0.4) is 0 Å². The molecule has 1 aliphatic carbocycles. The summed E-state index contributed by atoms with van der Waals surface area (Å²) in [6, 6.07) is 10.2. The van der Waals surface area contributed by atoms with Gasteiger partial charge in [-0.3, -0.25) is 9.80 Å². The molecule has 1 saturated carbocycles. The third-order valence-electron chi connectivity index (χ3n) is 6.79. The van der Waals surface area contributed by atoms with Gasteiger partial charge in [-0.05, 0) is 56.5 Å². The summed E-state index contributed by atoms with van der Waals surface area (Å²) in [6.07, 6.45) is 10.0. The molecule has 0 bridgehead atoms. The fourth-order valence-electron chi connectivity index (χ4n) is 5.20. The topological polar surface area (TPSA) is 19.0 Å². The van der Waals surface area contributed by atoms with E-state index in [1.165, 1.54) is 76.8 Å². The molecule has 2 heterocycles. The van der Waals surface area contributed by atoms with E-state index in [0.29, 0.717) is 0 Å². The minimum atomic E-state index is 0.781. The predicted molar refractivity (Wildman–Crippen MR) is 108 cm³/mol. The number of nitrogens with zero attached hydrogens (tertiary/aromatic N) is 3. The third kappa shape index (κ3) is 4.17. The Morgan fingerprint density at radius 3 is 2.12 bits per heavy atom. The summed E-state index contributed by atoms with van der Waals surface area (Å²) >= 11 is 0. The molecule has 4 heteroatoms. The first-order valence-corrected chi connectivity index (χ1v) is 10.7. The van der Waals surface area contributed by atoms with Crippen molar-refractivity contribution in [1.82, 2.24) is 9.80 Å². The first-order valence-electron chi connectivity index (χ1n) is 10.7. The molecule has 1 unspecified atom stereocenters. The van der Waals surface area contributed by atoms with Crippen LogP contribution < -0.4 is 9.64 Å². The van der Waals surface area contributed by atoms with Crippen molar-refractivity contribution in [1.29, 1.82) is 0 Å². The van der Waals surface area contributed by atoms with Crippen LogP contribution in [0.1, 0.15) is 44.9 Å². The average molecular weight is 358 g/mol. The number of likely N-dealkylation sites (tertiary alicyclic amines) is 1. The van der Waals surface area contributed by atoms with Crippen LogP contribution in [0, 0.1) is 0 Å². The second-order valence-corrected chi connectivity index (χ2v) is 8.30. The van der Waals surface area contributed by atoms with Gasteiger partial charge < -0.3 is 9.64 Å². The third-order valence-corrected chi connectivity index (χ3v) is 6.79. The lowest BCUT2D eigenvalue weighted by molar-refractivity contribution is 0.0553. The van der Waals surface area contributed by atoms with Crippen LogP contribution in [-0.2, 0) is 0 Å². The molecule has 2 saturated heterocycles. The zero-order valence-corrected chi connectivity index (χ0v) is 16.4. The summed E-state index contributed by atoms with van der Waals surface area (Å²) in [4.78, 5) is 8.13. The first kappa shape index (κ1) is 18.1. The summed E-state index contributed by atoms with van der Waals surface area (Å²) < 4.78 is 5.28. The quantitative estimate of drug-likeness (QED) is 0.819. The molecule has 0 aromatic heterocycles. The van der Waals surface area contributed by atoms with E-state index in [0.717, 1.165) is 30.9 Å².